The number of carboxylic acid groups (broad SMARTS) is 1. The number of sulfonamides is 1. The summed E-state index contributed by atoms with van der Waals surface area (Å²) in [6, 6.07) is 10.7. The van der Waals surface area contributed by atoms with Gasteiger partial charge < -0.3 is 10.4 Å². The predicted molar refractivity (Wildman–Crippen MR) is 115 cm³/mol. The van der Waals surface area contributed by atoms with Crippen LogP contribution in [0.15, 0.2) is 59.5 Å². The second kappa shape index (κ2) is 8.89. The van der Waals surface area contributed by atoms with Crippen molar-refractivity contribution in [2.75, 3.05) is 10.0 Å². The number of aryl methyl sites for hydroxylation is 1. The molecular formula is C21H21ClN2O5S. The van der Waals surface area contributed by atoms with E-state index in [1.807, 2.05) is 0 Å². The van der Waals surface area contributed by atoms with Gasteiger partial charge in [0.15, 0.2) is 0 Å². The normalized spacial score (nSPS) is 18.6. The molecule has 2 atom stereocenters. The second-order valence-corrected chi connectivity index (χ2v) is 9.19. The summed E-state index contributed by atoms with van der Waals surface area (Å²) in [6.45, 7) is 1.73. The number of allylic oxidation sites excluding steroid dienone is 2. The zero-order valence-electron chi connectivity index (χ0n) is 16.1. The van der Waals surface area contributed by atoms with Gasteiger partial charge in [0.1, 0.15) is 0 Å². The van der Waals surface area contributed by atoms with E-state index in [9.17, 15) is 23.1 Å². The van der Waals surface area contributed by atoms with Crippen molar-refractivity contribution in [1.82, 2.24) is 0 Å². The first-order valence-electron chi connectivity index (χ1n) is 9.25. The molecule has 0 aromatic heterocycles. The van der Waals surface area contributed by atoms with E-state index in [1.165, 1.54) is 18.2 Å². The summed E-state index contributed by atoms with van der Waals surface area (Å²) in [5.41, 5.74) is 1.28. The van der Waals surface area contributed by atoms with Gasteiger partial charge in [0.2, 0.25) is 5.91 Å². The highest BCUT2D eigenvalue weighted by Crippen LogP contribution is 2.29. The van der Waals surface area contributed by atoms with E-state index in [2.05, 4.69) is 10.0 Å². The van der Waals surface area contributed by atoms with Crippen LogP contribution in [0.3, 0.4) is 0 Å². The molecule has 2 aromatic rings. The van der Waals surface area contributed by atoms with Crippen molar-refractivity contribution in [3.8, 4) is 0 Å². The fourth-order valence-corrected chi connectivity index (χ4v) is 4.54. The molecule has 0 spiro atoms. The van der Waals surface area contributed by atoms with Gasteiger partial charge >= 0.3 is 5.97 Å². The number of halogens is 1. The van der Waals surface area contributed by atoms with Crippen LogP contribution in [0.25, 0.3) is 0 Å². The molecule has 3 rings (SSSR count). The number of anilines is 2. The van der Waals surface area contributed by atoms with E-state index >= 15 is 0 Å². The smallest absolute Gasteiger partial charge is 0.307 e. The summed E-state index contributed by atoms with van der Waals surface area (Å²) in [5, 5.41) is 12.5. The number of amides is 1. The Balaban J connectivity index is 1.83. The maximum atomic E-state index is 12.8. The zero-order valence-corrected chi connectivity index (χ0v) is 17.7. The van der Waals surface area contributed by atoms with Crippen molar-refractivity contribution in [3.05, 3.63) is 65.2 Å². The van der Waals surface area contributed by atoms with Gasteiger partial charge in [-0.25, -0.2) is 8.42 Å². The number of carbonyl (C=O) groups excluding carboxylic acids is 1. The number of rotatable bonds is 6. The SMILES string of the molecule is Cc1ccc(S(=O)(=O)Nc2cccc(Cl)c2)cc1NC(=O)[C@@H]1CC=CC[C@@H]1C(=O)O. The first-order valence-corrected chi connectivity index (χ1v) is 11.1. The van der Waals surface area contributed by atoms with Crippen LogP contribution in [-0.4, -0.2) is 25.4 Å². The van der Waals surface area contributed by atoms with Gasteiger partial charge in [-0.2, -0.15) is 0 Å². The molecule has 30 heavy (non-hydrogen) atoms. The lowest BCUT2D eigenvalue weighted by atomic mass is 9.82. The fraction of sp³-hybridized carbons (Fsp3) is 0.238. The Morgan fingerprint density at radius 3 is 2.43 bits per heavy atom. The minimum absolute atomic E-state index is 0.0401. The molecule has 0 fully saturated rings. The van der Waals surface area contributed by atoms with Crippen molar-refractivity contribution in [2.45, 2.75) is 24.7 Å². The summed E-state index contributed by atoms with van der Waals surface area (Å²) < 4.78 is 28.0. The third-order valence-corrected chi connectivity index (χ3v) is 6.55. The minimum atomic E-state index is -3.92. The maximum absolute atomic E-state index is 12.8. The van der Waals surface area contributed by atoms with E-state index < -0.39 is 33.7 Å². The molecule has 0 saturated heterocycles. The number of carboxylic acids is 1. The summed E-state index contributed by atoms with van der Waals surface area (Å²) in [7, 11) is -3.92. The lowest BCUT2D eigenvalue weighted by molar-refractivity contribution is -0.146. The summed E-state index contributed by atoms with van der Waals surface area (Å²) in [6.07, 6.45) is 4.13. The van der Waals surface area contributed by atoms with Crippen LogP contribution in [0.5, 0.6) is 0 Å². The van der Waals surface area contributed by atoms with Crippen LogP contribution >= 0.6 is 11.6 Å². The molecule has 0 unspecified atom stereocenters. The van der Waals surface area contributed by atoms with Gasteiger partial charge in [-0.15, -0.1) is 0 Å². The number of benzene rings is 2. The first-order chi connectivity index (χ1) is 14.2. The minimum Gasteiger partial charge on any atom is -0.481 e. The molecule has 158 valence electrons. The molecule has 1 aliphatic carbocycles. The van der Waals surface area contributed by atoms with Crippen LogP contribution in [0, 0.1) is 18.8 Å². The average Bonchev–Trinajstić information content (AvgIpc) is 2.69. The van der Waals surface area contributed by atoms with Gasteiger partial charge in [0.05, 0.1) is 22.4 Å². The van der Waals surface area contributed by atoms with E-state index in [0.717, 1.165) is 0 Å². The molecule has 0 radical (unpaired) electrons. The summed E-state index contributed by atoms with van der Waals surface area (Å²) in [4.78, 5) is 24.2. The van der Waals surface area contributed by atoms with E-state index in [0.29, 0.717) is 28.4 Å². The van der Waals surface area contributed by atoms with Crippen molar-refractivity contribution in [3.63, 3.8) is 0 Å². The van der Waals surface area contributed by atoms with Gasteiger partial charge in [-0.3, -0.25) is 14.3 Å². The standard InChI is InChI=1S/C21H21ClN2O5S/c1-13-9-10-16(30(28,29)24-15-6-4-5-14(22)11-15)12-19(13)23-20(25)17-7-2-3-8-18(17)21(26)27/h2-6,9-12,17-18,24H,7-8H2,1H3,(H,23,25)(H,26,27)/t17-,18+/m1/s1. The highest BCUT2D eigenvalue weighted by Gasteiger charge is 2.34. The van der Waals surface area contributed by atoms with Crippen LogP contribution in [0.2, 0.25) is 5.02 Å². The fourth-order valence-electron chi connectivity index (χ4n) is 3.27. The van der Waals surface area contributed by atoms with Gasteiger partial charge in [-0.1, -0.05) is 35.9 Å². The number of carbonyl (C=O) groups is 2. The third kappa shape index (κ3) is 5.01. The van der Waals surface area contributed by atoms with Crippen LogP contribution in [-0.2, 0) is 19.6 Å². The third-order valence-electron chi connectivity index (χ3n) is 4.94. The first kappa shape index (κ1) is 21.9. The molecular weight excluding hydrogens is 428 g/mol. The van der Waals surface area contributed by atoms with E-state index in [1.54, 1.807) is 43.3 Å². The maximum Gasteiger partial charge on any atom is 0.307 e. The number of nitrogens with one attached hydrogen (secondary N) is 2. The molecule has 0 heterocycles. The van der Waals surface area contributed by atoms with Crippen molar-refractivity contribution >= 4 is 44.9 Å². The average molecular weight is 449 g/mol. The van der Waals surface area contributed by atoms with Crippen molar-refractivity contribution in [2.24, 2.45) is 11.8 Å². The van der Waals surface area contributed by atoms with Gasteiger partial charge in [0, 0.05) is 10.7 Å². The zero-order chi connectivity index (χ0) is 21.9. The monoisotopic (exact) mass is 448 g/mol. The van der Waals surface area contributed by atoms with Gasteiger partial charge in [0.25, 0.3) is 10.0 Å². The molecule has 0 saturated carbocycles. The van der Waals surface area contributed by atoms with Crippen LogP contribution in [0.1, 0.15) is 18.4 Å². The molecule has 9 heteroatoms. The molecule has 7 nitrogen and oxygen atoms in total. The second-order valence-electron chi connectivity index (χ2n) is 7.08. The van der Waals surface area contributed by atoms with Gasteiger partial charge in [-0.05, 0) is 55.7 Å². The van der Waals surface area contributed by atoms with Crippen molar-refractivity contribution in [1.29, 1.82) is 0 Å². The lowest BCUT2D eigenvalue weighted by Gasteiger charge is -2.24. The Kier molecular flexibility index (Phi) is 6.48. The highest BCUT2D eigenvalue weighted by atomic mass is 35.5. The quantitative estimate of drug-likeness (QED) is 0.577. The molecule has 0 aliphatic heterocycles. The number of hydrogen-bond acceptors (Lipinski definition) is 4. The van der Waals surface area contributed by atoms with E-state index in [4.69, 9.17) is 11.6 Å². The topological polar surface area (TPSA) is 113 Å². The lowest BCUT2D eigenvalue weighted by Crippen LogP contribution is -2.34. The Bertz CT molecular complexity index is 1110. The molecule has 0 bridgehead atoms. The molecule has 3 N–H and O–H groups in total. The Morgan fingerprint density at radius 1 is 1.07 bits per heavy atom. The van der Waals surface area contributed by atoms with Crippen molar-refractivity contribution < 1.29 is 23.1 Å². The Hall–Kier alpha value is -2.84. The Labute approximate surface area is 179 Å². The Morgan fingerprint density at radius 2 is 1.77 bits per heavy atom. The van der Waals surface area contributed by atoms with Crippen LogP contribution < -0.4 is 10.0 Å². The van der Waals surface area contributed by atoms with E-state index in [-0.39, 0.29) is 11.3 Å². The summed E-state index contributed by atoms with van der Waals surface area (Å²) in [5.74, 6) is -3.02. The molecule has 1 aliphatic rings. The highest BCUT2D eigenvalue weighted by molar-refractivity contribution is 7.92. The molecule has 2 aromatic carbocycles. The summed E-state index contributed by atoms with van der Waals surface area (Å²) >= 11 is 5.90. The number of aliphatic carboxylic acids is 1. The van der Waals surface area contributed by atoms with Crippen LogP contribution in [0.4, 0.5) is 11.4 Å². The molecule has 1 amide bonds. The predicted octanol–water partition coefficient (Wildman–Crippen LogP) is 4.05. The number of hydrogen-bond donors (Lipinski definition) is 3. The largest absolute Gasteiger partial charge is 0.481 e.